The molecular weight excluding hydrogens is 332 g/mol. The maximum atomic E-state index is 11.9. The maximum Gasteiger partial charge on any atom is 0.339 e. The van der Waals surface area contributed by atoms with Gasteiger partial charge < -0.3 is 20.8 Å². The largest absolute Gasteiger partial charge is 0.478 e. The zero-order chi connectivity index (χ0) is 18.5. The van der Waals surface area contributed by atoms with Crippen LogP contribution in [-0.4, -0.2) is 22.2 Å². The van der Waals surface area contributed by atoms with E-state index in [1.54, 1.807) is 36.4 Å². The molecule has 130 valence electrons. The molecule has 0 unspecified atom stereocenters. The van der Waals surface area contributed by atoms with Gasteiger partial charge in [0.05, 0.1) is 16.9 Å². The Morgan fingerprint density at radius 2 is 1.19 bits per heavy atom. The number of aromatic carboxylic acids is 2. The molecule has 0 amide bonds. The fourth-order valence-electron chi connectivity index (χ4n) is 2.58. The Labute approximate surface area is 149 Å². The topological polar surface area (TPSA) is 98.7 Å². The molecule has 4 N–H and O–H groups in total. The quantitative estimate of drug-likeness (QED) is 0.521. The highest BCUT2D eigenvalue weighted by atomic mass is 16.4. The average Bonchev–Trinajstić information content (AvgIpc) is 2.63. The van der Waals surface area contributed by atoms with Crippen LogP contribution in [-0.2, 0) is 0 Å². The van der Waals surface area contributed by atoms with Gasteiger partial charge >= 0.3 is 11.9 Å². The van der Waals surface area contributed by atoms with Crippen molar-refractivity contribution in [3.63, 3.8) is 0 Å². The molecule has 0 spiro atoms. The first-order valence-corrected chi connectivity index (χ1v) is 7.84. The third kappa shape index (κ3) is 3.64. The second-order valence-corrected chi connectivity index (χ2v) is 5.50. The fourth-order valence-corrected chi connectivity index (χ4v) is 2.58. The van der Waals surface area contributed by atoms with Crippen molar-refractivity contribution in [1.82, 2.24) is 0 Å². The number of hydrogen-bond acceptors (Lipinski definition) is 4. The second-order valence-electron chi connectivity index (χ2n) is 5.50. The lowest BCUT2D eigenvalue weighted by molar-refractivity contribution is 0.0696. The predicted octanol–water partition coefficient (Wildman–Crippen LogP) is 4.57. The Hall–Kier alpha value is -3.80. The lowest BCUT2D eigenvalue weighted by Crippen LogP contribution is -2.12. The average molecular weight is 348 g/mol. The zero-order valence-electron chi connectivity index (χ0n) is 13.6. The Kier molecular flexibility index (Phi) is 4.85. The Morgan fingerprint density at radius 1 is 0.654 bits per heavy atom. The summed E-state index contributed by atoms with van der Waals surface area (Å²) >= 11 is 0. The van der Waals surface area contributed by atoms with Crippen LogP contribution in [0.2, 0.25) is 0 Å². The summed E-state index contributed by atoms with van der Waals surface area (Å²) < 4.78 is 0. The van der Waals surface area contributed by atoms with Gasteiger partial charge in [0.15, 0.2) is 0 Å². The molecule has 0 fully saturated rings. The summed E-state index contributed by atoms with van der Waals surface area (Å²) in [6.07, 6.45) is 0. The van der Waals surface area contributed by atoms with E-state index in [-0.39, 0.29) is 16.8 Å². The van der Waals surface area contributed by atoms with Crippen LogP contribution in [0.5, 0.6) is 0 Å². The van der Waals surface area contributed by atoms with Crippen molar-refractivity contribution in [2.45, 2.75) is 0 Å². The molecule has 0 aliphatic heterocycles. The van der Waals surface area contributed by atoms with E-state index in [0.29, 0.717) is 17.1 Å². The van der Waals surface area contributed by atoms with Crippen molar-refractivity contribution in [2.75, 3.05) is 10.6 Å². The first kappa shape index (κ1) is 17.0. The molecule has 0 atom stereocenters. The molecule has 0 radical (unpaired) electrons. The van der Waals surface area contributed by atoms with Crippen molar-refractivity contribution >= 4 is 34.7 Å². The number of benzene rings is 3. The first-order chi connectivity index (χ1) is 12.6. The third-order valence-corrected chi connectivity index (χ3v) is 3.75. The van der Waals surface area contributed by atoms with Gasteiger partial charge in [0.25, 0.3) is 0 Å². The number of hydrogen-bond donors (Lipinski definition) is 4. The van der Waals surface area contributed by atoms with Gasteiger partial charge in [-0.2, -0.15) is 0 Å². The van der Waals surface area contributed by atoms with Gasteiger partial charge in [0.1, 0.15) is 5.56 Å². The number of carboxylic acid groups (broad SMARTS) is 2. The van der Waals surface area contributed by atoms with Gasteiger partial charge in [-0.1, -0.05) is 36.4 Å². The van der Waals surface area contributed by atoms with Crippen LogP contribution in [0.4, 0.5) is 22.7 Å². The van der Waals surface area contributed by atoms with Crippen LogP contribution >= 0.6 is 0 Å². The van der Waals surface area contributed by atoms with E-state index in [1.165, 1.54) is 12.1 Å². The van der Waals surface area contributed by atoms with Gasteiger partial charge in [-0.05, 0) is 36.4 Å². The summed E-state index contributed by atoms with van der Waals surface area (Å²) in [4.78, 5) is 23.5. The molecule has 0 heterocycles. The molecule has 0 saturated heterocycles. The smallest absolute Gasteiger partial charge is 0.339 e. The number of carbonyl (C=O) groups is 2. The van der Waals surface area contributed by atoms with Crippen LogP contribution in [0.3, 0.4) is 0 Å². The standard InChI is InChI=1S/C20H16N2O4/c23-19(24)15-11-12-16(21-13-7-3-1-4-8-13)17(20(25)26)18(15)22-14-9-5-2-6-10-14/h1-12,21-22H,(H,23,24)(H,25,26). The first-order valence-electron chi connectivity index (χ1n) is 7.84. The van der Waals surface area contributed by atoms with E-state index in [4.69, 9.17) is 0 Å². The number of rotatable bonds is 6. The van der Waals surface area contributed by atoms with Gasteiger partial charge in [-0.25, -0.2) is 9.59 Å². The second kappa shape index (κ2) is 7.40. The van der Waals surface area contributed by atoms with E-state index in [1.807, 2.05) is 24.3 Å². The van der Waals surface area contributed by atoms with Crippen LogP contribution in [0, 0.1) is 0 Å². The highest BCUT2D eigenvalue weighted by Crippen LogP contribution is 2.33. The van der Waals surface area contributed by atoms with Gasteiger partial charge in [-0.15, -0.1) is 0 Å². The van der Waals surface area contributed by atoms with Crippen molar-refractivity contribution < 1.29 is 19.8 Å². The lowest BCUT2D eigenvalue weighted by atomic mass is 10.0. The minimum absolute atomic E-state index is 0.0251. The minimum atomic E-state index is -1.23. The molecular formula is C20H16N2O4. The molecule has 3 rings (SSSR count). The lowest BCUT2D eigenvalue weighted by Gasteiger charge is -2.17. The van der Waals surface area contributed by atoms with Crippen molar-refractivity contribution in [3.8, 4) is 0 Å². The van der Waals surface area contributed by atoms with E-state index in [2.05, 4.69) is 10.6 Å². The van der Waals surface area contributed by atoms with Crippen molar-refractivity contribution in [3.05, 3.63) is 83.9 Å². The molecule has 3 aromatic carbocycles. The molecule has 26 heavy (non-hydrogen) atoms. The fraction of sp³-hybridized carbons (Fsp3) is 0. The summed E-state index contributed by atoms with van der Waals surface area (Å²) in [6.45, 7) is 0. The molecule has 0 aromatic heterocycles. The number of para-hydroxylation sites is 2. The molecule has 3 aromatic rings. The summed E-state index contributed by atoms with van der Waals surface area (Å²) in [5.41, 5.74) is 1.35. The molecule has 0 aliphatic rings. The van der Waals surface area contributed by atoms with Crippen LogP contribution in [0.25, 0.3) is 0 Å². The monoisotopic (exact) mass is 348 g/mol. The van der Waals surface area contributed by atoms with Gasteiger partial charge in [-0.3, -0.25) is 0 Å². The van der Waals surface area contributed by atoms with Gasteiger partial charge in [0.2, 0.25) is 0 Å². The molecule has 0 saturated carbocycles. The predicted molar refractivity (Wildman–Crippen MR) is 99.8 cm³/mol. The normalized spacial score (nSPS) is 10.2. The van der Waals surface area contributed by atoms with Crippen molar-refractivity contribution in [1.29, 1.82) is 0 Å². The summed E-state index contributed by atoms with van der Waals surface area (Å²) in [7, 11) is 0. The third-order valence-electron chi connectivity index (χ3n) is 3.75. The van der Waals surface area contributed by atoms with E-state index in [0.717, 1.165) is 0 Å². The molecule has 6 nitrogen and oxygen atoms in total. The molecule has 6 heteroatoms. The Balaban J connectivity index is 2.13. The Bertz CT molecular complexity index is 941. The highest BCUT2D eigenvalue weighted by Gasteiger charge is 2.23. The molecule has 0 bridgehead atoms. The maximum absolute atomic E-state index is 11.9. The summed E-state index contributed by atoms with van der Waals surface area (Å²) in [5.74, 6) is -2.44. The Morgan fingerprint density at radius 3 is 1.69 bits per heavy atom. The highest BCUT2D eigenvalue weighted by molar-refractivity contribution is 6.08. The van der Waals surface area contributed by atoms with E-state index in [9.17, 15) is 19.8 Å². The zero-order valence-corrected chi connectivity index (χ0v) is 13.6. The number of carboxylic acids is 2. The summed E-state index contributed by atoms with van der Waals surface area (Å²) in [6, 6.07) is 20.7. The summed E-state index contributed by atoms with van der Waals surface area (Å²) in [5, 5.41) is 25.2. The van der Waals surface area contributed by atoms with Crippen molar-refractivity contribution in [2.24, 2.45) is 0 Å². The van der Waals surface area contributed by atoms with Crippen LogP contribution in [0.15, 0.2) is 72.8 Å². The SMILES string of the molecule is O=C(O)c1ccc(Nc2ccccc2)c(C(=O)O)c1Nc1ccccc1. The number of anilines is 4. The van der Waals surface area contributed by atoms with E-state index < -0.39 is 11.9 Å². The number of nitrogens with one attached hydrogen (secondary N) is 2. The van der Waals surface area contributed by atoms with E-state index >= 15 is 0 Å². The van der Waals surface area contributed by atoms with Gasteiger partial charge in [0, 0.05) is 11.4 Å². The van der Waals surface area contributed by atoms with Crippen LogP contribution < -0.4 is 10.6 Å². The van der Waals surface area contributed by atoms with Crippen LogP contribution in [0.1, 0.15) is 20.7 Å². The molecule has 0 aliphatic carbocycles. The minimum Gasteiger partial charge on any atom is -0.478 e.